The number of nitrogens with one attached hydrogen (secondary N) is 1. The van der Waals surface area contributed by atoms with Crippen LogP contribution in [0.5, 0.6) is 0 Å². The van der Waals surface area contributed by atoms with Crippen molar-refractivity contribution in [2.75, 3.05) is 6.54 Å². The van der Waals surface area contributed by atoms with E-state index in [2.05, 4.69) is 28.4 Å². The summed E-state index contributed by atoms with van der Waals surface area (Å²) in [5.41, 5.74) is 11.5. The molecule has 7 nitrogen and oxygen atoms in total. The third kappa shape index (κ3) is 3.30. The smallest absolute Gasteiger partial charge is 0.255 e. The molecule has 5 rings (SSSR count). The van der Waals surface area contributed by atoms with Gasteiger partial charge in [0.25, 0.3) is 5.91 Å². The summed E-state index contributed by atoms with van der Waals surface area (Å²) in [6.07, 6.45) is 0.640. The van der Waals surface area contributed by atoms with Crippen molar-refractivity contribution in [2.45, 2.75) is 44.6 Å². The number of hydrogen-bond acceptors (Lipinski definition) is 5. The van der Waals surface area contributed by atoms with Gasteiger partial charge in [0.05, 0.1) is 0 Å². The van der Waals surface area contributed by atoms with Gasteiger partial charge < -0.3 is 10.6 Å². The Bertz CT molecular complexity index is 1050. The number of carbonyl (C=O) groups excluding carboxylic acids is 3. The molecule has 1 fully saturated rings. The Kier molecular flexibility index (Phi) is 4.64. The highest BCUT2D eigenvalue weighted by Crippen LogP contribution is 2.30. The van der Waals surface area contributed by atoms with Crippen molar-refractivity contribution >= 4 is 17.7 Å². The first-order valence-electron chi connectivity index (χ1n) is 10.3. The predicted octanol–water partition coefficient (Wildman–Crippen LogP) is 1.46. The van der Waals surface area contributed by atoms with E-state index in [9.17, 15) is 14.4 Å². The first kappa shape index (κ1) is 19.0. The van der Waals surface area contributed by atoms with Gasteiger partial charge in [-0.25, -0.2) is 0 Å². The zero-order valence-electron chi connectivity index (χ0n) is 16.6. The molecule has 0 radical (unpaired) electrons. The van der Waals surface area contributed by atoms with E-state index in [1.165, 1.54) is 11.1 Å². The highest BCUT2D eigenvalue weighted by molar-refractivity contribution is 6.05. The predicted molar refractivity (Wildman–Crippen MR) is 110 cm³/mol. The van der Waals surface area contributed by atoms with Crippen molar-refractivity contribution in [1.82, 2.24) is 15.1 Å². The number of hydrogen-bond donors (Lipinski definition) is 2. The van der Waals surface area contributed by atoms with Crippen LogP contribution in [0.15, 0.2) is 42.5 Å². The molecule has 3 N–H and O–H groups in total. The second kappa shape index (κ2) is 7.34. The fourth-order valence-corrected chi connectivity index (χ4v) is 4.83. The number of carbonyl (C=O) groups is 3. The SMILES string of the molecule is NC1CN(Cc2ccc3c(c2)CN(C2CCC(=O)NC2=O)C3=O)Cc2ccccc21. The molecule has 0 bridgehead atoms. The van der Waals surface area contributed by atoms with E-state index in [1.807, 2.05) is 24.3 Å². The summed E-state index contributed by atoms with van der Waals surface area (Å²) in [6, 6.07) is 13.6. The number of benzene rings is 2. The van der Waals surface area contributed by atoms with Crippen molar-refractivity contribution in [3.8, 4) is 0 Å². The first-order valence-corrected chi connectivity index (χ1v) is 10.3. The number of nitrogens with zero attached hydrogens (tertiary/aromatic N) is 2. The first-order chi connectivity index (χ1) is 14.5. The standard InChI is InChI=1S/C23H24N4O3/c24-19-13-26(11-15-3-1-2-4-17(15)19)10-14-5-6-18-16(9-14)12-27(23(18)30)20-7-8-21(28)25-22(20)29/h1-6,9,19-20H,7-8,10-13,24H2,(H,25,28,29). The fraction of sp³-hybridized carbons (Fsp3) is 0.348. The van der Waals surface area contributed by atoms with Crippen LogP contribution in [-0.2, 0) is 29.2 Å². The molecular weight excluding hydrogens is 380 g/mol. The van der Waals surface area contributed by atoms with E-state index in [0.717, 1.165) is 30.8 Å². The van der Waals surface area contributed by atoms with E-state index < -0.39 is 6.04 Å². The lowest BCUT2D eigenvalue weighted by Gasteiger charge is -2.33. The third-order valence-corrected chi connectivity index (χ3v) is 6.30. The van der Waals surface area contributed by atoms with E-state index in [-0.39, 0.29) is 30.2 Å². The van der Waals surface area contributed by atoms with Crippen molar-refractivity contribution in [2.24, 2.45) is 5.73 Å². The lowest BCUT2D eigenvalue weighted by Crippen LogP contribution is -2.52. The minimum absolute atomic E-state index is 0.00558. The highest BCUT2D eigenvalue weighted by atomic mass is 16.2. The Balaban J connectivity index is 1.32. The summed E-state index contributed by atoms with van der Waals surface area (Å²) >= 11 is 0. The Morgan fingerprint density at radius 1 is 1.03 bits per heavy atom. The van der Waals surface area contributed by atoms with Gasteiger partial charge >= 0.3 is 0 Å². The van der Waals surface area contributed by atoms with Gasteiger partial charge in [-0.05, 0) is 34.7 Å². The topological polar surface area (TPSA) is 95.7 Å². The van der Waals surface area contributed by atoms with Crippen LogP contribution in [0.3, 0.4) is 0 Å². The van der Waals surface area contributed by atoms with Crippen LogP contribution in [-0.4, -0.2) is 40.1 Å². The molecule has 0 aromatic heterocycles. The van der Waals surface area contributed by atoms with Gasteiger partial charge in [-0.15, -0.1) is 0 Å². The van der Waals surface area contributed by atoms with Gasteiger partial charge in [-0.1, -0.05) is 36.4 Å². The largest absolute Gasteiger partial charge is 0.323 e. The van der Waals surface area contributed by atoms with Crippen LogP contribution in [0.1, 0.15) is 51.5 Å². The van der Waals surface area contributed by atoms with Gasteiger partial charge in [0.2, 0.25) is 11.8 Å². The molecule has 2 atom stereocenters. The van der Waals surface area contributed by atoms with Gasteiger partial charge in [0, 0.05) is 44.2 Å². The summed E-state index contributed by atoms with van der Waals surface area (Å²) in [6.45, 7) is 2.79. The molecule has 30 heavy (non-hydrogen) atoms. The average Bonchev–Trinajstić information content (AvgIpc) is 3.04. The van der Waals surface area contributed by atoms with Crippen molar-refractivity contribution in [1.29, 1.82) is 0 Å². The molecule has 7 heteroatoms. The molecule has 0 spiro atoms. The molecule has 154 valence electrons. The molecular formula is C23H24N4O3. The minimum atomic E-state index is -0.581. The summed E-state index contributed by atoms with van der Waals surface area (Å²) < 4.78 is 0. The average molecular weight is 404 g/mol. The summed E-state index contributed by atoms with van der Waals surface area (Å²) in [5.74, 6) is -0.794. The maximum Gasteiger partial charge on any atom is 0.255 e. The van der Waals surface area contributed by atoms with Gasteiger partial charge in [-0.3, -0.25) is 24.6 Å². The number of piperidine rings is 1. The van der Waals surface area contributed by atoms with Crippen LogP contribution < -0.4 is 11.1 Å². The number of nitrogens with two attached hydrogens (primary N) is 1. The Morgan fingerprint density at radius 2 is 1.87 bits per heavy atom. The molecule has 2 aromatic carbocycles. The van der Waals surface area contributed by atoms with Crippen LogP contribution in [0.2, 0.25) is 0 Å². The molecule has 0 saturated carbocycles. The number of amides is 3. The summed E-state index contributed by atoms with van der Waals surface area (Å²) in [5, 5.41) is 2.34. The molecule has 3 heterocycles. The van der Waals surface area contributed by atoms with Crippen LogP contribution in [0, 0.1) is 0 Å². The molecule has 3 aliphatic heterocycles. The van der Waals surface area contributed by atoms with Gasteiger partial charge in [-0.2, -0.15) is 0 Å². The van der Waals surface area contributed by atoms with Crippen molar-refractivity contribution < 1.29 is 14.4 Å². The van der Waals surface area contributed by atoms with Crippen LogP contribution in [0.4, 0.5) is 0 Å². The van der Waals surface area contributed by atoms with E-state index in [1.54, 1.807) is 4.90 Å². The van der Waals surface area contributed by atoms with Gasteiger partial charge in [0.1, 0.15) is 6.04 Å². The van der Waals surface area contributed by atoms with Crippen molar-refractivity contribution in [3.05, 3.63) is 70.3 Å². The lowest BCUT2D eigenvalue weighted by molar-refractivity contribution is -0.136. The molecule has 2 unspecified atom stereocenters. The second-order valence-electron chi connectivity index (χ2n) is 8.37. The number of rotatable bonds is 3. The summed E-state index contributed by atoms with van der Waals surface area (Å²) in [7, 11) is 0. The van der Waals surface area contributed by atoms with E-state index in [4.69, 9.17) is 5.73 Å². The Labute approximate surface area is 174 Å². The Morgan fingerprint density at radius 3 is 2.70 bits per heavy atom. The minimum Gasteiger partial charge on any atom is -0.323 e. The molecule has 2 aromatic rings. The third-order valence-electron chi connectivity index (χ3n) is 6.30. The summed E-state index contributed by atoms with van der Waals surface area (Å²) in [4.78, 5) is 40.4. The Hall–Kier alpha value is -3.03. The highest BCUT2D eigenvalue weighted by Gasteiger charge is 2.39. The lowest BCUT2D eigenvalue weighted by atomic mass is 9.95. The zero-order valence-corrected chi connectivity index (χ0v) is 16.6. The van der Waals surface area contributed by atoms with Gasteiger partial charge in [0.15, 0.2) is 0 Å². The monoisotopic (exact) mass is 404 g/mol. The maximum atomic E-state index is 12.8. The normalized spacial score (nSPS) is 23.9. The molecule has 1 saturated heterocycles. The van der Waals surface area contributed by atoms with Crippen LogP contribution in [0.25, 0.3) is 0 Å². The van der Waals surface area contributed by atoms with Crippen LogP contribution >= 0.6 is 0 Å². The molecule has 3 amide bonds. The van der Waals surface area contributed by atoms with E-state index in [0.29, 0.717) is 18.5 Å². The maximum absolute atomic E-state index is 12.8. The van der Waals surface area contributed by atoms with Crippen molar-refractivity contribution in [3.63, 3.8) is 0 Å². The molecule has 3 aliphatic rings. The second-order valence-corrected chi connectivity index (χ2v) is 8.37. The molecule has 0 aliphatic carbocycles. The van der Waals surface area contributed by atoms with E-state index >= 15 is 0 Å². The number of imide groups is 1. The fourth-order valence-electron chi connectivity index (χ4n) is 4.83. The zero-order chi connectivity index (χ0) is 20.8. The number of fused-ring (bicyclic) bond motifs is 2. The quantitative estimate of drug-likeness (QED) is 0.756.